The van der Waals surface area contributed by atoms with Crippen LogP contribution in [0.3, 0.4) is 0 Å². The van der Waals surface area contributed by atoms with Gasteiger partial charge in [-0.05, 0) is 96.0 Å². The highest BCUT2D eigenvalue weighted by Crippen LogP contribution is 2.37. The third kappa shape index (κ3) is 5.57. The second kappa shape index (κ2) is 7.47. The van der Waals surface area contributed by atoms with Gasteiger partial charge >= 0.3 is 0 Å². The van der Waals surface area contributed by atoms with Crippen molar-refractivity contribution in [3.8, 4) is 5.75 Å². The zero-order valence-corrected chi connectivity index (χ0v) is 16.3. The Labute approximate surface area is 145 Å². The number of ether oxygens (including phenoxy) is 1. The normalized spacial score (nSPS) is 17.0. The Hall–Kier alpha value is -0.0600. The molecule has 118 valence electrons. The maximum atomic E-state index is 6.20. The lowest BCUT2D eigenvalue weighted by Crippen LogP contribution is -2.35. The van der Waals surface area contributed by atoms with Gasteiger partial charge in [0.2, 0.25) is 0 Å². The summed E-state index contributed by atoms with van der Waals surface area (Å²) < 4.78 is 8.27. The fourth-order valence-electron chi connectivity index (χ4n) is 2.54. The van der Waals surface area contributed by atoms with Crippen molar-refractivity contribution in [3.63, 3.8) is 0 Å². The lowest BCUT2D eigenvalue weighted by Gasteiger charge is -2.25. The second-order valence-electron chi connectivity index (χ2n) is 6.87. The Kier molecular flexibility index (Phi) is 6.15. The third-order valence-electron chi connectivity index (χ3n) is 3.72. The van der Waals surface area contributed by atoms with Crippen LogP contribution in [0.2, 0.25) is 0 Å². The zero-order valence-electron chi connectivity index (χ0n) is 13.1. The van der Waals surface area contributed by atoms with Gasteiger partial charge in [-0.15, -0.1) is 0 Å². The van der Waals surface area contributed by atoms with Gasteiger partial charge in [-0.1, -0.05) is 6.42 Å². The molecule has 0 unspecified atom stereocenters. The first kappa shape index (κ1) is 17.3. The average Bonchev–Trinajstić information content (AvgIpc) is 2.41. The summed E-state index contributed by atoms with van der Waals surface area (Å²) in [5.41, 5.74) is 1.37. The maximum absolute atomic E-state index is 6.20. The number of hydrogen-bond donors (Lipinski definition) is 1. The first-order chi connectivity index (χ1) is 9.85. The molecule has 1 aromatic rings. The Balaban J connectivity index is 2.05. The largest absolute Gasteiger partial charge is 0.488 e. The van der Waals surface area contributed by atoms with Crippen molar-refractivity contribution in [1.82, 2.24) is 5.32 Å². The number of nitrogens with one attached hydrogen (secondary N) is 1. The summed E-state index contributed by atoms with van der Waals surface area (Å²) in [6.45, 7) is 7.39. The van der Waals surface area contributed by atoms with Crippen molar-refractivity contribution in [2.45, 2.75) is 71.1 Å². The molecule has 1 fully saturated rings. The smallest absolute Gasteiger partial charge is 0.148 e. The van der Waals surface area contributed by atoms with E-state index in [-0.39, 0.29) is 5.54 Å². The molecule has 4 heteroatoms. The second-order valence-corrected chi connectivity index (χ2v) is 8.58. The molecule has 0 aromatic heterocycles. The van der Waals surface area contributed by atoms with Crippen LogP contribution in [0.25, 0.3) is 0 Å². The van der Waals surface area contributed by atoms with Crippen molar-refractivity contribution in [1.29, 1.82) is 0 Å². The SMILES string of the molecule is CC(C)(C)NCc1cc(Br)c(OC2CCCCC2)c(Br)c1. The predicted molar refractivity (Wildman–Crippen MR) is 95.9 cm³/mol. The quantitative estimate of drug-likeness (QED) is 0.665. The molecular formula is C17H25Br2NO. The van der Waals surface area contributed by atoms with Crippen molar-refractivity contribution in [2.75, 3.05) is 0 Å². The molecule has 0 amide bonds. The van der Waals surface area contributed by atoms with Crippen LogP contribution in [-0.2, 0) is 6.54 Å². The zero-order chi connectivity index (χ0) is 15.5. The number of halogens is 2. The highest BCUT2D eigenvalue weighted by molar-refractivity contribution is 9.11. The molecule has 1 N–H and O–H groups in total. The number of hydrogen-bond acceptors (Lipinski definition) is 2. The van der Waals surface area contributed by atoms with E-state index in [2.05, 4.69) is 70.1 Å². The first-order valence-electron chi connectivity index (χ1n) is 7.75. The van der Waals surface area contributed by atoms with Gasteiger partial charge in [-0.2, -0.15) is 0 Å². The van der Waals surface area contributed by atoms with E-state index in [4.69, 9.17) is 4.74 Å². The van der Waals surface area contributed by atoms with E-state index in [0.29, 0.717) is 6.10 Å². The average molecular weight is 419 g/mol. The van der Waals surface area contributed by atoms with Crippen LogP contribution >= 0.6 is 31.9 Å². The van der Waals surface area contributed by atoms with E-state index in [1.54, 1.807) is 0 Å². The van der Waals surface area contributed by atoms with Gasteiger partial charge in [-0.25, -0.2) is 0 Å². The van der Waals surface area contributed by atoms with Crippen LogP contribution in [0.5, 0.6) is 5.75 Å². The molecule has 2 rings (SSSR count). The molecule has 0 radical (unpaired) electrons. The number of rotatable bonds is 4. The summed E-state index contributed by atoms with van der Waals surface area (Å²) in [7, 11) is 0. The molecule has 21 heavy (non-hydrogen) atoms. The number of benzene rings is 1. The van der Waals surface area contributed by atoms with Crippen molar-refractivity contribution in [2.24, 2.45) is 0 Å². The van der Waals surface area contributed by atoms with Crippen molar-refractivity contribution < 1.29 is 4.74 Å². The van der Waals surface area contributed by atoms with Crippen molar-refractivity contribution in [3.05, 3.63) is 26.6 Å². The molecule has 0 spiro atoms. The predicted octanol–water partition coefficient (Wildman–Crippen LogP) is 5.81. The molecule has 0 aliphatic heterocycles. The first-order valence-corrected chi connectivity index (χ1v) is 9.33. The molecule has 1 aliphatic carbocycles. The highest BCUT2D eigenvalue weighted by Gasteiger charge is 2.18. The lowest BCUT2D eigenvalue weighted by atomic mass is 9.98. The van der Waals surface area contributed by atoms with Gasteiger partial charge in [0.1, 0.15) is 5.75 Å². The molecule has 0 heterocycles. The van der Waals surface area contributed by atoms with Gasteiger partial charge in [0.15, 0.2) is 0 Å². The van der Waals surface area contributed by atoms with E-state index in [0.717, 1.165) is 21.2 Å². The van der Waals surface area contributed by atoms with E-state index in [1.807, 2.05) is 0 Å². The monoisotopic (exact) mass is 417 g/mol. The van der Waals surface area contributed by atoms with Crippen molar-refractivity contribution >= 4 is 31.9 Å². The van der Waals surface area contributed by atoms with E-state index < -0.39 is 0 Å². The molecular weight excluding hydrogens is 394 g/mol. The molecule has 0 bridgehead atoms. The standard InChI is InChI=1S/C17H25Br2NO/c1-17(2,3)20-11-12-9-14(18)16(15(19)10-12)21-13-7-5-4-6-8-13/h9-10,13,20H,4-8,11H2,1-3H3. The fraction of sp³-hybridized carbons (Fsp3) is 0.647. The van der Waals surface area contributed by atoms with E-state index >= 15 is 0 Å². The Bertz CT molecular complexity index is 453. The van der Waals surface area contributed by atoms with Gasteiger partial charge in [0, 0.05) is 12.1 Å². The summed E-state index contributed by atoms with van der Waals surface area (Å²) in [6, 6.07) is 4.31. The fourth-order valence-corrected chi connectivity index (χ4v) is 4.01. The summed E-state index contributed by atoms with van der Waals surface area (Å²) in [5.74, 6) is 0.946. The topological polar surface area (TPSA) is 21.3 Å². The minimum atomic E-state index is 0.121. The van der Waals surface area contributed by atoms with E-state index in [9.17, 15) is 0 Å². The molecule has 0 saturated heterocycles. The van der Waals surface area contributed by atoms with Crippen LogP contribution < -0.4 is 10.1 Å². The van der Waals surface area contributed by atoms with Crippen LogP contribution in [-0.4, -0.2) is 11.6 Å². The summed E-state index contributed by atoms with van der Waals surface area (Å²) in [5, 5.41) is 3.51. The molecule has 1 aromatic carbocycles. The van der Waals surface area contributed by atoms with E-state index in [1.165, 1.54) is 37.7 Å². The van der Waals surface area contributed by atoms with Gasteiger partial charge in [0.25, 0.3) is 0 Å². The minimum absolute atomic E-state index is 0.121. The third-order valence-corrected chi connectivity index (χ3v) is 4.90. The maximum Gasteiger partial charge on any atom is 0.148 e. The van der Waals surface area contributed by atoms with Gasteiger partial charge in [0.05, 0.1) is 15.0 Å². The lowest BCUT2D eigenvalue weighted by molar-refractivity contribution is 0.153. The summed E-state index contributed by atoms with van der Waals surface area (Å²) in [6.07, 6.45) is 6.63. The van der Waals surface area contributed by atoms with Crippen LogP contribution in [0, 0.1) is 0 Å². The highest BCUT2D eigenvalue weighted by atomic mass is 79.9. The Morgan fingerprint density at radius 1 is 1.10 bits per heavy atom. The molecule has 2 nitrogen and oxygen atoms in total. The Morgan fingerprint density at radius 2 is 1.67 bits per heavy atom. The molecule has 1 saturated carbocycles. The van der Waals surface area contributed by atoms with Crippen LogP contribution in [0.1, 0.15) is 58.4 Å². The summed E-state index contributed by atoms with van der Waals surface area (Å²) >= 11 is 7.32. The molecule has 0 atom stereocenters. The summed E-state index contributed by atoms with van der Waals surface area (Å²) in [4.78, 5) is 0. The van der Waals surface area contributed by atoms with Crippen LogP contribution in [0.15, 0.2) is 21.1 Å². The van der Waals surface area contributed by atoms with Crippen LogP contribution in [0.4, 0.5) is 0 Å². The Morgan fingerprint density at radius 3 is 2.19 bits per heavy atom. The minimum Gasteiger partial charge on any atom is -0.488 e. The van der Waals surface area contributed by atoms with Gasteiger partial charge in [-0.3, -0.25) is 0 Å². The van der Waals surface area contributed by atoms with Gasteiger partial charge < -0.3 is 10.1 Å². The molecule has 1 aliphatic rings.